The van der Waals surface area contributed by atoms with Gasteiger partial charge in [0.1, 0.15) is 11.6 Å². The van der Waals surface area contributed by atoms with Gasteiger partial charge < -0.3 is 4.74 Å². The van der Waals surface area contributed by atoms with E-state index in [9.17, 15) is 15.4 Å². The minimum absolute atomic E-state index is 0.0715. The van der Waals surface area contributed by atoms with Gasteiger partial charge in [-0.25, -0.2) is 0 Å². The Labute approximate surface area is 148 Å². The van der Waals surface area contributed by atoms with Gasteiger partial charge in [-0.3, -0.25) is 10.1 Å². The highest BCUT2D eigenvalue weighted by atomic mass is 32.1. The van der Waals surface area contributed by atoms with Gasteiger partial charge >= 0.3 is 0 Å². The average molecular weight is 350 g/mol. The van der Waals surface area contributed by atoms with Crippen molar-refractivity contribution in [2.45, 2.75) is 6.42 Å². The Morgan fingerprint density at radius 2 is 1.84 bits per heavy atom. The number of thiophene rings is 1. The molecule has 1 heterocycles. The summed E-state index contributed by atoms with van der Waals surface area (Å²) in [5.74, 6) is 0. The second-order valence-corrected chi connectivity index (χ2v) is 6.15. The molecule has 2 aromatic carbocycles. The SMILES string of the molecule is N#Cc1c(-c2ccccc2)csc1OCCc1ccc([N+](=O)[O-])cc1. The van der Waals surface area contributed by atoms with Gasteiger partial charge in [0, 0.05) is 29.5 Å². The number of ether oxygens (including phenoxy) is 1. The normalized spacial score (nSPS) is 10.2. The lowest BCUT2D eigenvalue weighted by Crippen LogP contribution is -2.01. The smallest absolute Gasteiger partial charge is 0.269 e. The molecule has 0 N–H and O–H groups in total. The van der Waals surface area contributed by atoms with Gasteiger partial charge in [-0.05, 0) is 11.1 Å². The highest BCUT2D eigenvalue weighted by Gasteiger charge is 2.14. The Bertz CT molecular complexity index is 912. The van der Waals surface area contributed by atoms with E-state index in [0.29, 0.717) is 23.7 Å². The lowest BCUT2D eigenvalue weighted by atomic mass is 10.1. The summed E-state index contributed by atoms with van der Waals surface area (Å²) in [7, 11) is 0. The van der Waals surface area contributed by atoms with Crippen molar-refractivity contribution in [3.05, 3.63) is 81.2 Å². The van der Waals surface area contributed by atoms with Crippen molar-refractivity contribution in [2.24, 2.45) is 0 Å². The standard InChI is InChI=1S/C19H14N2O3S/c20-12-17-18(15-4-2-1-3-5-15)13-25-19(17)24-11-10-14-6-8-16(9-7-14)21(22)23/h1-9,13H,10-11H2. The van der Waals surface area contributed by atoms with Gasteiger partial charge in [0.05, 0.1) is 11.5 Å². The van der Waals surface area contributed by atoms with E-state index >= 15 is 0 Å². The molecule has 0 atom stereocenters. The summed E-state index contributed by atoms with van der Waals surface area (Å²) in [6.45, 7) is 0.404. The summed E-state index contributed by atoms with van der Waals surface area (Å²) < 4.78 is 5.77. The predicted molar refractivity (Wildman–Crippen MR) is 96.8 cm³/mol. The van der Waals surface area contributed by atoms with Crippen LogP contribution in [0.5, 0.6) is 5.06 Å². The average Bonchev–Trinajstić information content (AvgIpc) is 3.06. The first-order valence-corrected chi connectivity index (χ1v) is 8.50. The van der Waals surface area contributed by atoms with Gasteiger partial charge in [0.25, 0.3) is 5.69 Å². The maximum Gasteiger partial charge on any atom is 0.269 e. The molecule has 6 heteroatoms. The maximum atomic E-state index is 10.7. The summed E-state index contributed by atoms with van der Waals surface area (Å²) in [4.78, 5) is 10.2. The molecule has 25 heavy (non-hydrogen) atoms. The molecule has 0 saturated heterocycles. The fourth-order valence-electron chi connectivity index (χ4n) is 2.43. The van der Waals surface area contributed by atoms with Crippen molar-refractivity contribution in [2.75, 3.05) is 6.61 Å². The predicted octanol–water partition coefficient (Wildman–Crippen LogP) is 4.82. The molecule has 0 aliphatic carbocycles. The monoisotopic (exact) mass is 350 g/mol. The quantitative estimate of drug-likeness (QED) is 0.472. The summed E-state index contributed by atoms with van der Waals surface area (Å²) >= 11 is 1.40. The Morgan fingerprint density at radius 1 is 1.12 bits per heavy atom. The highest BCUT2D eigenvalue weighted by molar-refractivity contribution is 7.12. The van der Waals surface area contributed by atoms with Gasteiger partial charge in [-0.15, -0.1) is 11.3 Å². The van der Waals surface area contributed by atoms with Crippen LogP contribution in [-0.2, 0) is 6.42 Å². The molecular weight excluding hydrogens is 336 g/mol. The summed E-state index contributed by atoms with van der Waals surface area (Å²) in [5.41, 5.74) is 3.42. The molecule has 124 valence electrons. The molecule has 0 unspecified atom stereocenters. The molecule has 1 aromatic heterocycles. The zero-order valence-electron chi connectivity index (χ0n) is 13.2. The van der Waals surface area contributed by atoms with E-state index in [2.05, 4.69) is 6.07 Å². The molecular formula is C19H14N2O3S. The number of non-ortho nitro benzene ring substituents is 1. The van der Waals surface area contributed by atoms with E-state index in [-0.39, 0.29) is 5.69 Å². The van der Waals surface area contributed by atoms with Crippen LogP contribution in [0.4, 0.5) is 5.69 Å². The van der Waals surface area contributed by atoms with Crippen molar-refractivity contribution in [1.29, 1.82) is 5.26 Å². The van der Waals surface area contributed by atoms with Crippen molar-refractivity contribution < 1.29 is 9.66 Å². The van der Waals surface area contributed by atoms with Crippen LogP contribution < -0.4 is 4.74 Å². The molecule has 5 nitrogen and oxygen atoms in total. The first kappa shape index (κ1) is 16.7. The summed E-state index contributed by atoms with van der Waals surface area (Å²) in [6, 6.07) is 18.3. The molecule has 3 aromatic rings. The summed E-state index contributed by atoms with van der Waals surface area (Å²) in [5, 5.41) is 22.6. The van der Waals surface area contributed by atoms with Crippen LogP contribution in [-0.4, -0.2) is 11.5 Å². The molecule has 0 aliphatic heterocycles. The third-order valence-electron chi connectivity index (χ3n) is 3.72. The second-order valence-electron chi connectivity index (χ2n) is 5.31. The van der Waals surface area contributed by atoms with Crippen LogP contribution in [0.1, 0.15) is 11.1 Å². The lowest BCUT2D eigenvalue weighted by Gasteiger charge is -2.05. The molecule has 0 amide bonds. The molecule has 0 bridgehead atoms. The first-order chi connectivity index (χ1) is 12.2. The van der Waals surface area contributed by atoms with Gasteiger partial charge in [0.2, 0.25) is 0 Å². The van der Waals surface area contributed by atoms with E-state index in [1.54, 1.807) is 12.1 Å². The molecule has 3 rings (SSSR count). The van der Waals surface area contributed by atoms with Crippen LogP contribution in [0.3, 0.4) is 0 Å². The van der Waals surface area contributed by atoms with Crippen LogP contribution in [0.15, 0.2) is 60.0 Å². The third kappa shape index (κ3) is 3.84. The van der Waals surface area contributed by atoms with Crippen LogP contribution in [0.2, 0.25) is 0 Å². The topological polar surface area (TPSA) is 76.2 Å². The largest absolute Gasteiger partial charge is 0.483 e. The molecule has 0 fully saturated rings. The van der Waals surface area contributed by atoms with E-state index in [1.807, 2.05) is 35.7 Å². The van der Waals surface area contributed by atoms with Gasteiger partial charge in [0.15, 0.2) is 5.06 Å². The number of benzene rings is 2. The number of nitriles is 1. The minimum Gasteiger partial charge on any atom is -0.483 e. The van der Waals surface area contributed by atoms with Crippen molar-refractivity contribution in [3.63, 3.8) is 0 Å². The van der Waals surface area contributed by atoms with Crippen LogP contribution >= 0.6 is 11.3 Å². The van der Waals surface area contributed by atoms with Crippen molar-refractivity contribution >= 4 is 17.0 Å². The Morgan fingerprint density at radius 3 is 2.48 bits per heavy atom. The zero-order chi connectivity index (χ0) is 17.6. The number of hydrogen-bond donors (Lipinski definition) is 0. The Balaban J connectivity index is 1.67. The first-order valence-electron chi connectivity index (χ1n) is 7.62. The molecule has 0 saturated carbocycles. The number of nitro benzene ring substituents is 1. The Kier molecular flexibility index (Phi) is 5.07. The fourth-order valence-corrected chi connectivity index (χ4v) is 3.33. The third-order valence-corrected chi connectivity index (χ3v) is 4.61. The zero-order valence-corrected chi connectivity index (χ0v) is 14.0. The lowest BCUT2D eigenvalue weighted by molar-refractivity contribution is -0.384. The van der Waals surface area contributed by atoms with E-state index in [1.165, 1.54) is 23.5 Å². The van der Waals surface area contributed by atoms with Crippen molar-refractivity contribution in [1.82, 2.24) is 0 Å². The van der Waals surface area contributed by atoms with E-state index in [0.717, 1.165) is 16.7 Å². The Hall–Kier alpha value is -3.17. The number of hydrogen-bond acceptors (Lipinski definition) is 5. The van der Waals surface area contributed by atoms with E-state index in [4.69, 9.17) is 4.74 Å². The minimum atomic E-state index is -0.420. The molecule has 0 spiro atoms. The van der Waals surface area contributed by atoms with Gasteiger partial charge in [-0.2, -0.15) is 5.26 Å². The van der Waals surface area contributed by atoms with Crippen molar-refractivity contribution in [3.8, 4) is 22.3 Å². The number of nitrogens with zero attached hydrogens (tertiary/aromatic N) is 2. The fraction of sp³-hybridized carbons (Fsp3) is 0.105. The second kappa shape index (κ2) is 7.60. The highest BCUT2D eigenvalue weighted by Crippen LogP contribution is 2.36. The maximum absolute atomic E-state index is 10.7. The number of nitro groups is 1. The molecule has 0 aliphatic rings. The van der Waals surface area contributed by atoms with Crippen LogP contribution in [0.25, 0.3) is 11.1 Å². The summed E-state index contributed by atoms with van der Waals surface area (Å²) in [6.07, 6.45) is 0.613. The van der Waals surface area contributed by atoms with E-state index < -0.39 is 4.92 Å². The number of rotatable bonds is 6. The van der Waals surface area contributed by atoms with Crippen LogP contribution in [0, 0.1) is 21.4 Å². The van der Waals surface area contributed by atoms with Gasteiger partial charge in [-0.1, -0.05) is 42.5 Å². The molecule has 0 radical (unpaired) electrons.